The van der Waals surface area contributed by atoms with Crippen LogP contribution < -0.4 is 4.90 Å². The molecule has 0 amide bonds. The second-order valence-electron chi connectivity index (χ2n) is 6.47. The number of rotatable bonds is 5. The van der Waals surface area contributed by atoms with Crippen LogP contribution in [-0.4, -0.2) is 34.7 Å². The first-order valence-corrected chi connectivity index (χ1v) is 9.74. The van der Waals surface area contributed by atoms with E-state index in [9.17, 15) is 14.9 Å². The van der Waals surface area contributed by atoms with Gasteiger partial charge in [-0.05, 0) is 49.6 Å². The largest absolute Gasteiger partial charge is 0.313 e. The lowest BCUT2D eigenvalue weighted by Gasteiger charge is -2.28. The molecule has 0 bridgehead atoms. The highest BCUT2D eigenvalue weighted by Crippen LogP contribution is 2.27. The molecule has 0 fully saturated rings. The number of benzene rings is 2. The number of hydrogen-bond acceptors (Lipinski definition) is 6. The van der Waals surface area contributed by atoms with Crippen LogP contribution in [-0.2, 0) is 0 Å². The van der Waals surface area contributed by atoms with Crippen LogP contribution in [0.25, 0.3) is 0 Å². The Morgan fingerprint density at radius 2 is 1.93 bits per heavy atom. The van der Waals surface area contributed by atoms with Gasteiger partial charge in [0.2, 0.25) is 0 Å². The van der Waals surface area contributed by atoms with Crippen LogP contribution >= 0.6 is 28.7 Å². The molecular weight excluding hydrogens is 442 g/mol. The van der Waals surface area contributed by atoms with Crippen molar-refractivity contribution < 1.29 is 9.72 Å². The first kappa shape index (κ1) is 22.1. The zero-order valence-corrected chi connectivity index (χ0v) is 18.3. The highest BCUT2D eigenvalue weighted by atomic mass is 79.9. The molecule has 1 aliphatic heterocycles. The summed E-state index contributed by atoms with van der Waals surface area (Å²) in [5, 5.41) is 11.7. The summed E-state index contributed by atoms with van der Waals surface area (Å²) in [6.07, 6.45) is 1.03. The number of carbonyl (C=O) groups excluding carboxylic acids is 1. The molecule has 0 unspecified atom stereocenters. The number of hydrogen-bond donors (Lipinski definition) is 0. The quantitative estimate of drug-likeness (QED) is 0.355. The molecule has 8 heteroatoms. The number of halogens is 1. The molecule has 0 radical (unpaired) electrons. The molecule has 0 aliphatic carbocycles. The van der Waals surface area contributed by atoms with E-state index >= 15 is 0 Å². The molecule has 0 saturated heterocycles. The van der Waals surface area contributed by atoms with Crippen molar-refractivity contribution in [2.45, 2.75) is 20.3 Å². The Kier molecular flexibility index (Phi) is 7.77. The van der Waals surface area contributed by atoms with E-state index in [1.807, 2.05) is 30.9 Å². The van der Waals surface area contributed by atoms with Crippen LogP contribution in [0, 0.1) is 24.0 Å². The Labute approximate surface area is 179 Å². The van der Waals surface area contributed by atoms with E-state index in [2.05, 4.69) is 11.1 Å². The number of carbonyl (C=O) groups is 1. The molecule has 1 heterocycles. The smallest absolute Gasteiger partial charge is 0.269 e. The topological polar surface area (TPSA) is 75.8 Å². The molecule has 3 rings (SSSR count). The Hall–Kier alpha value is -2.19. The first-order valence-electron chi connectivity index (χ1n) is 8.75. The number of Topliss-reactive ketones (excluding diaryl/α,β-unsaturated/α-hetero) is 1. The lowest BCUT2D eigenvalue weighted by Crippen LogP contribution is -2.36. The summed E-state index contributed by atoms with van der Waals surface area (Å²) in [5.41, 5.74) is 3.59. The monoisotopic (exact) mass is 463 g/mol. The van der Waals surface area contributed by atoms with Crippen LogP contribution in [0.15, 0.2) is 47.5 Å². The van der Waals surface area contributed by atoms with E-state index in [0.717, 1.165) is 40.7 Å². The van der Waals surface area contributed by atoms with Gasteiger partial charge in [0.25, 0.3) is 5.69 Å². The molecule has 0 spiro atoms. The molecule has 0 atom stereocenters. The Balaban J connectivity index is 0.00000280. The maximum atomic E-state index is 12.9. The van der Waals surface area contributed by atoms with Gasteiger partial charge in [-0.25, -0.2) is 0 Å². The fourth-order valence-electron chi connectivity index (χ4n) is 2.88. The van der Waals surface area contributed by atoms with Gasteiger partial charge in [0.05, 0.1) is 11.5 Å². The third kappa shape index (κ3) is 5.20. The number of amidine groups is 1. The summed E-state index contributed by atoms with van der Waals surface area (Å²) in [6.45, 7) is 4.95. The van der Waals surface area contributed by atoms with E-state index in [1.165, 1.54) is 24.3 Å². The zero-order valence-electron chi connectivity index (χ0n) is 15.8. The summed E-state index contributed by atoms with van der Waals surface area (Å²) < 4.78 is 0. The number of aliphatic imine (C=N–C) groups is 1. The lowest BCUT2D eigenvalue weighted by atomic mass is 10.1. The number of non-ortho nitro benzene ring substituents is 1. The maximum Gasteiger partial charge on any atom is 0.269 e. The number of nitro groups is 1. The SMILES string of the molecule is Br.Cc1ccc(C)c(N(CC(=O)c2ccc([N+](=O)[O-])cc2)C2=NCCCS2)c1. The van der Waals surface area contributed by atoms with Gasteiger partial charge >= 0.3 is 0 Å². The zero-order chi connectivity index (χ0) is 19.4. The number of ketones is 1. The maximum absolute atomic E-state index is 12.9. The van der Waals surface area contributed by atoms with Gasteiger partial charge in [0, 0.05) is 35.7 Å². The fourth-order valence-corrected chi connectivity index (χ4v) is 3.84. The van der Waals surface area contributed by atoms with Crippen molar-refractivity contribution in [3.63, 3.8) is 0 Å². The van der Waals surface area contributed by atoms with Gasteiger partial charge in [-0.15, -0.1) is 17.0 Å². The van der Waals surface area contributed by atoms with Gasteiger partial charge in [-0.1, -0.05) is 23.9 Å². The molecular formula is C20H22BrN3O3S. The average molecular weight is 464 g/mol. The number of nitrogens with zero attached hydrogens (tertiary/aromatic N) is 3. The van der Waals surface area contributed by atoms with Crippen molar-refractivity contribution >= 4 is 51.1 Å². The summed E-state index contributed by atoms with van der Waals surface area (Å²) in [4.78, 5) is 29.8. The van der Waals surface area contributed by atoms with E-state index < -0.39 is 4.92 Å². The van der Waals surface area contributed by atoms with Crippen molar-refractivity contribution in [3.8, 4) is 0 Å². The molecule has 0 N–H and O–H groups in total. The summed E-state index contributed by atoms with van der Waals surface area (Å²) in [7, 11) is 0. The highest BCUT2D eigenvalue weighted by molar-refractivity contribution is 8.93. The molecule has 148 valence electrons. The molecule has 1 aliphatic rings. The Morgan fingerprint density at radius 3 is 2.54 bits per heavy atom. The normalized spacial score (nSPS) is 13.3. The van der Waals surface area contributed by atoms with E-state index in [1.54, 1.807) is 11.8 Å². The lowest BCUT2D eigenvalue weighted by molar-refractivity contribution is -0.384. The van der Waals surface area contributed by atoms with Gasteiger partial charge in [-0.2, -0.15) is 0 Å². The minimum atomic E-state index is -0.468. The summed E-state index contributed by atoms with van der Waals surface area (Å²) in [6, 6.07) is 11.9. The molecule has 28 heavy (non-hydrogen) atoms. The molecule has 6 nitrogen and oxygen atoms in total. The Bertz CT molecular complexity index is 900. The number of anilines is 1. The van der Waals surface area contributed by atoms with Crippen LogP contribution in [0.2, 0.25) is 0 Å². The highest BCUT2D eigenvalue weighted by Gasteiger charge is 2.22. The van der Waals surface area contributed by atoms with E-state index in [4.69, 9.17) is 0 Å². The minimum Gasteiger partial charge on any atom is -0.313 e. The van der Waals surface area contributed by atoms with E-state index in [-0.39, 0.29) is 35.0 Å². The van der Waals surface area contributed by atoms with Crippen LogP contribution in [0.4, 0.5) is 11.4 Å². The first-order chi connectivity index (χ1) is 13.0. The van der Waals surface area contributed by atoms with Gasteiger partial charge in [0.15, 0.2) is 11.0 Å². The summed E-state index contributed by atoms with van der Waals surface area (Å²) in [5.74, 6) is 0.881. The second-order valence-corrected chi connectivity index (χ2v) is 7.53. The molecule has 0 aromatic heterocycles. The summed E-state index contributed by atoms with van der Waals surface area (Å²) >= 11 is 1.66. The predicted molar refractivity (Wildman–Crippen MR) is 120 cm³/mol. The average Bonchev–Trinajstić information content (AvgIpc) is 2.68. The number of aryl methyl sites for hydroxylation is 2. The predicted octanol–water partition coefficient (Wildman–Crippen LogP) is 4.97. The third-order valence-electron chi connectivity index (χ3n) is 4.37. The van der Waals surface area contributed by atoms with Gasteiger partial charge in [-0.3, -0.25) is 19.9 Å². The van der Waals surface area contributed by atoms with E-state index in [0.29, 0.717) is 5.56 Å². The van der Waals surface area contributed by atoms with Crippen molar-refractivity contribution in [1.82, 2.24) is 0 Å². The van der Waals surface area contributed by atoms with Crippen molar-refractivity contribution in [1.29, 1.82) is 0 Å². The van der Waals surface area contributed by atoms with Crippen molar-refractivity contribution in [3.05, 3.63) is 69.3 Å². The standard InChI is InChI=1S/C20H21N3O3S.BrH/c1-14-4-5-15(2)18(12-14)22(20-21-10-3-11-27-20)13-19(24)16-6-8-17(9-7-16)23(25)26;/h4-9,12H,3,10-11,13H2,1-2H3;1H. The van der Waals surface area contributed by atoms with Crippen molar-refractivity contribution in [2.75, 3.05) is 23.7 Å². The molecule has 2 aromatic rings. The number of thioether (sulfide) groups is 1. The fraction of sp³-hybridized carbons (Fsp3) is 0.300. The Morgan fingerprint density at radius 1 is 1.21 bits per heavy atom. The van der Waals surface area contributed by atoms with Gasteiger partial charge < -0.3 is 4.90 Å². The van der Waals surface area contributed by atoms with Gasteiger partial charge in [0.1, 0.15) is 0 Å². The van der Waals surface area contributed by atoms with Crippen molar-refractivity contribution in [2.24, 2.45) is 4.99 Å². The van der Waals surface area contributed by atoms with Crippen LogP contribution in [0.5, 0.6) is 0 Å². The molecule has 2 aromatic carbocycles. The number of nitro benzene ring substituents is 1. The third-order valence-corrected chi connectivity index (χ3v) is 5.47. The second kappa shape index (κ2) is 9.84. The minimum absolute atomic E-state index is 0. The van der Waals surface area contributed by atoms with Crippen LogP contribution in [0.3, 0.4) is 0 Å². The molecule has 0 saturated carbocycles. The van der Waals surface area contributed by atoms with Crippen LogP contribution in [0.1, 0.15) is 27.9 Å².